The van der Waals surface area contributed by atoms with Crippen LogP contribution in [0, 0.1) is 5.92 Å². The molecule has 1 aliphatic carbocycles. The third-order valence-corrected chi connectivity index (χ3v) is 6.26. The molecule has 1 aromatic carbocycles. The Morgan fingerprint density at radius 2 is 2.10 bits per heavy atom. The number of alkyl halides is 3. The molecule has 1 aliphatic rings. The van der Waals surface area contributed by atoms with Gasteiger partial charge in [0.25, 0.3) is 0 Å². The van der Waals surface area contributed by atoms with Crippen molar-refractivity contribution >= 4 is 35.0 Å². The molecule has 3 rings (SSSR count). The Balaban J connectivity index is 1.54. The summed E-state index contributed by atoms with van der Waals surface area (Å²) in [5.74, 6) is 1.10. The number of amides is 1. The maximum atomic E-state index is 13.0. The number of hydrogen-bond acceptors (Lipinski definition) is 4. The molecular formula is C19H22ClF3N4OS. The van der Waals surface area contributed by atoms with Gasteiger partial charge in [-0.1, -0.05) is 49.0 Å². The first-order valence-electron chi connectivity index (χ1n) is 9.48. The highest BCUT2D eigenvalue weighted by Gasteiger charge is 2.33. The van der Waals surface area contributed by atoms with Crippen LogP contribution in [-0.4, -0.2) is 26.3 Å². The maximum Gasteiger partial charge on any atom is 0.417 e. The Hall–Kier alpha value is -1.74. The quantitative estimate of drug-likeness (QED) is 0.533. The Morgan fingerprint density at radius 1 is 1.38 bits per heavy atom. The first kappa shape index (κ1) is 22.0. The number of aromatic nitrogens is 3. The number of nitrogens with one attached hydrogen (secondary N) is 2. The molecule has 1 atom stereocenters. The molecule has 2 N–H and O–H groups in total. The summed E-state index contributed by atoms with van der Waals surface area (Å²) in [6, 6.07) is 3.27. The van der Waals surface area contributed by atoms with Gasteiger partial charge in [-0.05, 0) is 37.5 Å². The van der Waals surface area contributed by atoms with Crippen molar-refractivity contribution in [1.82, 2.24) is 15.2 Å². The SMILES string of the molecule is C[C@@H](Sc1n[nH]c(CCC2CCCC2)n1)C(=O)Nc1ccc(Cl)c(C(F)(F)F)c1. The van der Waals surface area contributed by atoms with E-state index < -0.39 is 27.9 Å². The molecule has 0 radical (unpaired) electrons. The number of benzene rings is 1. The average Bonchev–Trinajstić information content (AvgIpc) is 3.32. The molecule has 0 saturated heterocycles. The normalized spacial score (nSPS) is 16.2. The molecule has 1 fully saturated rings. The van der Waals surface area contributed by atoms with E-state index in [0.717, 1.165) is 48.5 Å². The smallest absolute Gasteiger partial charge is 0.325 e. The van der Waals surface area contributed by atoms with Gasteiger partial charge < -0.3 is 5.32 Å². The number of hydrogen-bond donors (Lipinski definition) is 2. The summed E-state index contributed by atoms with van der Waals surface area (Å²) in [6.07, 6.45) is 2.45. The van der Waals surface area contributed by atoms with E-state index in [2.05, 4.69) is 20.5 Å². The molecule has 29 heavy (non-hydrogen) atoms. The Labute approximate surface area is 176 Å². The number of aromatic amines is 1. The highest BCUT2D eigenvalue weighted by Crippen LogP contribution is 2.36. The van der Waals surface area contributed by atoms with Crippen LogP contribution < -0.4 is 5.32 Å². The van der Waals surface area contributed by atoms with E-state index in [0.29, 0.717) is 5.16 Å². The van der Waals surface area contributed by atoms with Gasteiger partial charge in [0.05, 0.1) is 15.8 Å². The van der Waals surface area contributed by atoms with Crippen LogP contribution >= 0.6 is 23.4 Å². The number of H-pyrrole nitrogens is 1. The minimum Gasteiger partial charge on any atom is -0.325 e. The standard InChI is InChI=1S/C19H22ClF3N4OS/c1-11(17(28)24-13-7-8-15(20)14(10-13)19(21,22)23)29-18-25-16(26-27-18)9-6-12-4-2-3-5-12/h7-8,10-12H,2-6,9H2,1H3,(H,24,28)(H,25,26,27)/t11-/m1/s1. The molecule has 1 amide bonds. The third kappa shape index (κ3) is 6.12. The molecule has 0 unspecified atom stereocenters. The van der Waals surface area contributed by atoms with Crippen LogP contribution in [0.25, 0.3) is 0 Å². The lowest BCUT2D eigenvalue weighted by Crippen LogP contribution is -2.22. The first-order chi connectivity index (χ1) is 13.7. The minimum atomic E-state index is -4.59. The van der Waals surface area contributed by atoms with E-state index in [1.165, 1.54) is 31.7 Å². The third-order valence-electron chi connectivity index (χ3n) is 4.97. The van der Waals surface area contributed by atoms with Gasteiger partial charge in [-0.25, -0.2) is 4.98 Å². The van der Waals surface area contributed by atoms with Crippen LogP contribution in [0.3, 0.4) is 0 Å². The number of rotatable bonds is 7. The van der Waals surface area contributed by atoms with Crippen molar-refractivity contribution in [3.63, 3.8) is 0 Å². The summed E-state index contributed by atoms with van der Waals surface area (Å²) >= 11 is 6.75. The summed E-state index contributed by atoms with van der Waals surface area (Å²) in [5.41, 5.74) is -0.954. The van der Waals surface area contributed by atoms with Crippen LogP contribution in [0.15, 0.2) is 23.4 Å². The van der Waals surface area contributed by atoms with Gasteiger partial charge >= 0.3 is 6.18 Å². The molecule has 1 aromatic heterocycles. The molecule has 1 heterocycles. The van der Waals surface area contributed by atoms with Gasteiger partial charge in [-0.15, -0.1) is 5.10 Å². The topological polar surface area (TPSA) is 70.7 Å². The number of thioether (sulfide) groups is 1. The minimum absolute atomic E-state index is 0.0337. The van der Waals surface area contributed by atoms with Crippen LogP contribution in [-0.2, 0) is 17.4 Å². The average molecular weight is 447 g/mol. The lowest BCUT2D eigenvalue weighted by molar-refractivity contribution is -0.137. The Morgan fingerprint density at radius 3 is 2.79 bits per heavy atom. The van der Waals surface area contributed by atoms with Crippen LogP contribution in [0.2, 0.25) is 5.02 Å². The molecule has 10 heteroatoms. The van der Waals surface area contributed by atoms with E-state index in [1.54, 1.807) is 6.92 Å². The second-order valence-electron chi connectivity index (χ2n) is 7.20. The van der Waals surface area contributed by atoms with E-state index in [9.17, 15) is 18.0 Å². The van der Waals surface area contributed by atoms with Crippen LogP contribution in [0.5, 0.6) is 0 Å². The van der Waals surface area contributed by atoms with Crippen molar-refractivity contribution in [3.8, 4) is 0 Å². The molecule has 2 aromatic rings. The van der Waals surface area contributed by atoms with Crippen molar-refractivity contribution in [2.45, 2.75) is 62.0 Å². The van der Waals surface area contributed by atoms with Crippen molar-refractivity contribution in [2.75, 3.05) is 5.32 Å². The monoisotopic (exact) mass is 446 g/mol. The molecule has 1 saturated carbocycles. The Kier molecular flexibility index (Phi) is 7.10. The maximum absolute atomic E-state index is 13.0. The zero-order valence-electron chi connectivity index (χ0n) is 15.9. The van der Waals surface area contributed by atoms with Crippen molar-refractivity contribution in [2.24, 2.45) is 5.92 Å². The second kappa shape index (κ2) is 9.38. The van der Waals surface area contributed by atoms with E-state index in [1.807, 2.05) is 0 Å². The van der Waals surface area contributed by atoms with Crippen molar-refractivity contribution in [1.29, 1.82) is 0 Å². The predicted molar refractivity (Wildman–Crippen MR) is 107 cm³/mol. The van der Waals surface area contributed by atoms with Gasteiger partial charge in [0, 0.05) is 12.1 Å². The van der Waals surface area contributed by atoms with Crippen LogP contribution in [0.4, 0.5) is 18.9 Å². The molecule has 0 bridgehead atoms. The fourth-order valence-corrected chi connectivity index (χ4v) is 4.33. The largest absolute Gasteiger partial charge is 0.417 e. The molecule has 158 valence electrons. The number of aryl methyl sites for hydroxylation is 1. The molecule has 5 nitrogen and oxygen atoms in total. The number of carbonyl (C=O) groups excluding carboxylic acids is 1. The van der Waals surface area contributed by atoms with Gasteiger partial charge in [0.15, 0.2) is 0 Å². The lowest BCUT2D eigenvalue weighted by Gasteiger charge is -2.13. The van der Waals surface area contributed by atoms with E-state index in [-0.39, 0.29) is 5.69 Å². The van der Waals surface area contributed by atoms with Gasteiger partial charge in [0.2, 0.25) is 11.1 Å². The summed E-state index contributed by atoms with van der Waals surface area (Å²) in [5, 5.41) is 8.96. The second-order valence-corrected chi connectivity index (χ2v) is 8.91. The summed E-state index contributed by atoms with van der Waals surface area (Å²) < 4.78 is 38.9. The number of nitrogens with zero attached hydrogens (tertiary/aromatic N) is 2. The zero-order chi connectivity index (χ0) is 21.0. The molecular weight excluding hydrogens is 425 g/mol. The summed E-state index contributed by atoms with van der Waals surface area (Å²) in [6.45, 7) is 1.65. The molecule has 0 spiro atoms. The van der Waals surface area contributed by atoms with Crippen molar-refractivity contribution in [3.05, 3.63) is 34.6 Å². The van der Waals surface area contributed by atoms with E-state index >= 15 is 0 Å². The number of halogens is 4. The van der Waals surface area contributed by atoms with Gasteiger partial charge in [-0.3, -0.25) is 9.89 Å². The highest BCUT2D eigenvalue weighted by atomic mass is 35.5. The first-order valence-corrected chi connectivity index (χ1v) is 10.7. The number of anilines is 1. The van der Waals surface area contributed by atoms with Gasteiger partial charge in [0.1, 0.15) is 5.82 Å². The fraction of sp³-hybridized carbons (Fsp3) is 0.526. The van der Waals surface area contributed by atoms with E-state index in [4.69, 9.17) is 11.6 Å². The zero-order valence-corrected chi connectivity index (χ0v) is 17.4. The van der Waals surface area contributed by atoms with Gasteiger partial charge in [-0.2, -0.15) is 13.2 Å². The fourth-order valence-electron chi connectivity index (χ4n) is 3.36. The predicted octanol–water partition coefficient (Wildman–Crippen LogP) is 5.72. The number of carbonyl (C=O) groups is 1. The van der Waals surface area contributed by atoms with Crippen molar-refractivity contribution < 1.29 is 18.0 Å². The highest BCUT2D eigenvalue weighted by molar-refractivity contribution is 8.00. The summed E-state index contributed by atoms with van der Waals surface area (Å²) in [4.78, 5) is 16.8. The Bertz CT molecular complexity index is 852. The molecule has 0 aliphatic heterocycles. The van der Waals surface area contributed by atoms with Crippen LogP contribution in [0.1, 0.15) is 50.4 Å². The summed E-state index contributed by atoms with van der Waals surface area (Å²) in [7, 11) is 0. The lowest BCUT2D eigenvalue weighted by atomic mass is 10.0.